The Kier molecular flexibility index (Phi) is 5.64. The third-order valence-electron chi connectivity index (χ3n) is 2.68. The van der Waals surface area contributed by atoms with Crippen LogP contribution in [0, 0.1) is 5.92 Å². The molecule has 102 valence electrons. The van der Waals surface area contributed by atoms with Gasteiger partial charge in [0.15, 0.2) is 0 Å². The fraction of sp³-hybridized carbons (Fsp3) is 0.667. The summed E-state index contributed by atoms with van der Waals surface area (Å²) in [6.07, 6.45) is 0. The summed E-state index contributed by atoms with van der Waals surface area (Å²) in [4.78, 5) is 10.7. The van der Waals surface area contributed by atoms with Crippen molar-refractivity contribution in [3.05, 3.63) is 6.07 Å². The van der Waals surface area contributed by atoms with E-state index in [4.69, 9.17) is 15.2 Å². The predicted molar refractivity (Wildman–Crippen MR) is 71.2 cm³/mol. The minimum atomic E-state index is 0.380. The summed E-state index contributed by atoms with van der Waals surface area (Å²) in [5.74, 6) is 1.98. The van der Waals surface area contributed by atoms with Gasteiger partial charge in [0.05, 0.1) is 20.3 Å². The second-order valence-corrected chi connectivity index (χ2v) is 4.13. The number of hydrogen-bond acceptors (Lipinski definition) is 6. The molecular weight excluding hydrogens is 232 g/mol. The van der Waals surface area contributed by atoms with Crippen molar-refractivity contribution in [3.8, 4) is 11.8 Å². The SMILES string of the molecule is CCN(CC(C)CN)c1nc(OC)cc(OC)n1. The second kappa shape index (κ2) is 7.00. The molecule has 0 bridgehead atoms. The molecule has 0 saturated carbocycles. The second-order valence-electron chi connectivity index (χ2n) is 4.13. The maximum atomic E-state index is 5.65. The van der Waals surface area contributed by atoms with Crippen LogP contribution in [0.4, 0.5) is 5.95 Å². The summed E-state index contributed by atoms with van der Waals surface area (Å²) in [6, 6.07) is 1.66. The predicted octanol–water partition coefficient (Wildman–Crippen LogP) is 0.915. The van der Waals surface area contributed by atoms with Crippen LogP contribution < -0.4 is 20.1 Å². The monoisotopic (exact) mass is 254 g/mol. The third-order valence-corrected chi connectivity index (χ3v) is 2.68. The molecule has 1 rings (SSSR count). The number of nitrogens with zero attached hydrogens (tertiary/aromatic N) is 3. The molecule has 0 aliphatic heterocycles. The van der Waals surface area contributed by atoms with Crippen LogP contribution in [0.15, 0.2) is 6.07 Å². The van der Waals surface area contributed by atoms with E-state index in [1.165, 1.54) is 0 Å². The van der Waals surface area contributed by atoms with E-state index in [0.717, 1.165) is 13.1 Å². The Morgan fingerprint density at radius 3 is 2.22 bits per heavy atom. The molecule has 0 amide bonds. The van der Waals surface area contributed by atoms with E-state index in [0.29, 0.717) is 30.2 Å². The Bertz CT molecular complexity index is 351. The van der Waals surface area contributed by atoms with Crippen LogP contribution in [0.1, 0.15) is 13.8 Å². The first kappa shape index (κ1) is 14.5. The molecule has 6 heteroatoms. The average Bonchev–Trinajstić information content (AvgIpc) is 2.43. The fourth-order valence-electron chi connectivity index (χ4n) is 1.55. The highest BCUT2D eigenvalue weighted by atomic mass is 16.5. The number of aromatic nitrogens is 2. The fourth-order valence-corrected chi connectivity index (χ4v) is 1.55. The minimum absolute atomic E-state index is 0.380. The highest BCUT2D eigenvalue weighted by Crippen LogP contribution is 2.20. The molecule has 1 atom stereocenters. The summed E-state index contributed by atoms with van der Waals surface area (Å²) in [5.41, 5.74) is 5.65. The van der Waals surface area contributed by atoms with Gasteiger partial charge in [0, 0.05) is 13.1 Å². The van der Waals surface area contributed by atoms with Crippen molar-refractivity contribution >= 4 is 5.95 Å². The van der Waals surface area contributed by atoms with Crippen molar-refractivity contribution in [1.82, 2.24) is 9.97 Å². The Labute approximate surface area is 108 Å². The molecule has 0 aliphatic carbocycles. The third kappa shape index (κ3) is 3.73. The molecule has 1 aromatic heterocycles. The first-order valence-corrected chi connectivity index (χ1v) is 6.06. The smallest absolute Gasteiger partial charge is 0.231 e. The standard InChI is InChI=1S/C12H22N4O2/c1-5-16(8-9(2)7-13)12-14-10(17-3)6-11(15-12)18-4/h6,9H,5,7-8,13H2,1-4H3. The molecule has 0 fully saturated rings. The molecule has 0 radical (unpaired) electrons. The molecule has 1 unspecified atom stereocenters. The van der Waals surface area contributed by atoms with E-state index in [1.807, 2.05) is 0 Å². The van der Waals surface area contributed by atoms with Gasteiger partial charge in [0.2, 0.25) is 17.7 Å². The van der Waals surface area contributed by atoms with Crippen LogP contribution in [-0.4, -0.2) is 43.8 Å². The van der Waals surface area contributed by atoms with Gasteiger partial charge in [-0.1, -0.05) is 6.92 Å². The maximum absolute atomic E-state index is 5.65. The largest absolute Gasteiger partial charge is 0.481 e. The molecule has 0 spiro atoms. The van der Waals surface area contributed by atoms with E-state index in [-0.39, 0.29) is 0 Å². The van der Waals surface area contributed by atoms with Crippen LogP contribution in [0.5, 0.6) is 11.8 Å². The molecule has 0 aromatic carbocycles. The molecule has 1 aromatic rings. The lowest BCUT2D eigenvalue weighted by Crippen LogP contribution is -2.32. The number of anilines is 1. The van der Waals surface area contributed by atoms with Gasteiger partial charge in [-0.05, 0) is 19.4 Å². The highest BCUT2D eigenvalue weighted by Gasteiger charge is 2.14. The Hall–Kier alpha value is -1.56. The average molecular weight is 254 g/mol. The van der Waals surface area contributed by atoms with Crippen molar-refractivity contribution in [1.29, 1.82) is 0 Å². The molecular formula is C12H22N4O2. The van der Waals surface area contributed by atoms with E-state index in [1.54, 1.807) is 20.3 Å². The lowest BCUT2D eigenvalue weighted by molar-refractivity contribution is 0.371. The highest BCUT2D eigenvalue weighted by molar-refractivity contribution is 5.36. The minimum Gasteiger partial charge on any atom is -0.481 e. The summed E-state index contributed by atoms with van der Waals surface area (Å²) in [6.45, 7) is 6.40. The normalized spacial score (nSPS) is 12.1. The quantitative estimate of drug-likeness (QED) is 0.780. The summed E-state index contributed by atoms with van der Waals surface area (Å²) in [5, 5.41) is 0. The number of ether oxygens (including phenoxy) is 2. The van der Waals surface area contributed by atoms with Gasteiger partial charge in [-0.2, -0.15) is 9.97 Å². The lowest BCUT2D eigenvalue weighted by atomic mass is 10.2. The van der Waals surface area contributed by atoms with Crippen LogP contribution in [0.25, 0.3) is 0 Å². The van der Waals surface area contributed by atoms with Gasteiger partial charge in [0.1, 0.15) is 0 Å². The zero-order valence-corrected chi connectivity index (χ0v) is 11.5. The first-order chi connectivity index (χ1) is 8.64. The first-order valence-electron chi connectivity index (χ1n) is 6.06. The van der Waals surface area contributed by atoms with Gasteiger partial charge in [-0.3, -0.25) is 0 Å². The Morgan fingerprint density at radius 2 is 1.83 bits per heavy atom. The zero-order chi connectivity index (χ0) is 13.5. The number of methoxy groups -OCH3 is 2. The van der Waals surface area contributed by atoms with Crippen molar-refractivity contribution in [2.75, 3.05) is 38.8 Å². The number of hydrogen-bond donors (Lipinski definition) is 1. The Balaban J connectivity index is 2.96. The van der Waals surface area contributed by atoms with Gasteiger partial charge in [0.25, 0.3) is 0 Å². The molecule has 6 nitrogen and oxygen atoms in total. The van der Waals surface area contributed by atoms with Gasteiger partial charge in [-0.25, -0.2) is 0 Å². The van der Waals surface area contributed by atoms with Crippen LogP contribution in [0.3, 0.4) is 0 Å². The van der Waals surface area contributed by atoms with Crippen molar-refractivity contribution < 1.29 is 9.47 Å². The maximum Gasteiger partial charge on any atom is 0.231 e. The number of nitrogens with two attached hydrogens (primary N) is 1. The molecule has 0 aliphatic rings. The van der Waals surface area contributed by atoms with Crippen LogP contribution in [-0.2, 0) is 0 Å². The van der Waals surface area contributed by atoms with Crippen molar-refractivity contribution in [3.63, 3.8) is 0 Å². The molecule has 18 heavy (non-hydrogen) atoms. The molecule has 1 heterocycles. The molecule has 0 saturated heterocycles. The van der Waals surface area contributed by atoms with E-state index >= 15 is 0 Å². The Morgan fingerprint density at radius 1 is 1.28 bits per heavy atom. The van der Waals surface area contributed by atoms with E-state index < -0.39 is 0 Å². The van der Waals surface area contributed by atoms with E-state index in [9.17, 15) is 0 Å². The van der Waals surface area contributed by atoms with Crippen LogP contribution >= 0.6 is 0 Å². The van der Waals surface area contributed by atoms with Crippen molar-refractivity contribution in [2.45, 2.75) is 13.8 Å². The summed E-state index contributed by atoms with van der Waals surface area (Å²) >= 11 is 0. The van der Waals surface area contributed by atoms with Crippen LogP contribution in [0.2, 0.25) is 0 Å². The zero-order valence-electron chi connectivity index (χ0n) is 11.5. The van der Waals surface area contributed by atoms with E-state index in [2.05, 4.69) is 28.7 Å². The lowest BCUT2D eigenvalue weighted by Gasteiger charge is -2.24. The van der Waals surface area contributed by atoms with Gasteiger partial charge < -0.3 is 20.1 Å². The van der Waals surface area contributed by atoms with Gasteiger partial charge in [-0.15, -0.1) is 0 Å². The topological polar surface area (TPSA) is 73.5 Å². The summed E-state index contributed by atoms with van der Waals surface area (Å²) < 4.78 is 10.3. The van der Waals surface area contributed by atoms with Crippen molar-refractivity contribution in [2.24, 2.45) is 11.7 Å². The summed E-state index contributed by atoms with van der Waals surface area (Å²) in [7, 11) is 3.15. The molecule has 2 N–H and O–H groups in total. The van der Waals surface area contributed by atoms with Gasteiger partial charge >= 0.3 is 0 Å². The number of rotatable bonds is 7.